The third-order valence-electron chi connectivity index (χ3n) is 3.89. The molecule has 126 valence electrons. The zero-order valence-corrected chi connectivity index (χ0v) is 13.3. The van der Waals surface area contributed by atoms with Gasteiger partial charge >= 0.3 is 12.1 Å². The Hall–Kier alpha value is -2.11. The average Bonchev–Trinajstić information content (AvgIpc) is 2.54. The minimum absolute atomic E-state index is 0.117. The van der Waals surface area contributed by atoms with Crippen LogP contribution in [0, 0.1) is 0 Å². The summed E-state index contributed by atoms with van der Waals surface area (Å²) in [6.07, 6.45) is -0.473. The van der Waals surface area contributed by atoms with E-state index >= 15 is 0 Å². The van der Waals surface area contributed by atoms with Crippen LogP contribution < -0.4 is 0 Å². The highest BCUT2D eigenvalue weighted by Gasteiger charge is 2.38. The van der Waals surface area contributed by atoms with Gasteiger partial charge < -0.3 is 14.4 Å². The smallest absolute Gasteiger partial charge is 0.410 e. The van der Waals surface area contributed by atoms with Gasteiger partial charge in [0.15, 0.2) is 0 Å². The highest BCUT2D eigenvalue weighted by atomic mass is 19.1. The van der Waals surface area contributed by atoms with Crippen molar-refractivity contribution in [1.82, 2.24) is 4.90 Å². The van der Waals surface area contributed by atoms with Gasteiger partial charge in [-0.2, -0.15) is 0 Å². The summed E-state index contributed by atoms with van der Waals surface area (Å²) in [6, 6.07) is 9.37. The summed E-state index contributed by atoms with van der Waals surface area (Å²) >= 11 is 0. The van der Waals surface area contributed by atoms with Crippen LogP contribution in [-0.4, -0.2) is 42.3 Å². The van der Waals surface area contributed by atoms with Gasteiger partial charge in [0.1, 0.15) is 12.3 Å². The second kappa shape index (κ2) is 7.94. The van der Waals surface area contributed by atoms with Crippen molar-refractivity contribution < 1.29 is 23.5 Å². The maximum atomic E-state index is 14.6. The van der Waals surface area contributed by atoms with Gasteiger partial charge in [0, 0.05) is 13.1 Å². The van der Waals surface area contributed by atoms with Gasteiger partial charge in [-0.3, -0.25) is 4.79 Å². The number of likely N-dealkylation sites (tertiary alicyclic amines) is 1. The lowest BCUT2D eigenvalue weighted by molar-refractivity contribution is -0.147. The normalized spacial score (nSPS) is 16.7. The van der Waals surface area contributed by atoms with E-state index in [0.29, 0.717) is 0 Å². The molecular weight excluding hydrogens is 301 g/mol. The number of carbonyl (C=O) groups excluding carboxylic acids is 2. The number of hydrogen-bond acceptors (Lipinski definition) is 4. The van der Waals surface area contributed by atoms with Crippen LogP contribution in [0.25, 0.3) is 0 Å². The number of carbonyl (C=O) groups is 2. The summed E-state index contributed by atoms with van der Waals surface area (Å²) in [4.78, 5) is 24.9. The fourth-order valence-electron chi connectivity index (χ4n) is 2.55. The maximum Gasteiger partial charge on any atom is 0.410 e. The first kappa shape index (κ1) is 17.2. The molecule has 5 nitrogen and oxygen atoms in total. The van der Waals surface area contributed by atoms with Crippen LogP contribution in [0.4, 0.5) is 9.18 Å². The molecule has 0 spiro atoms. The fraction of sp³-hybridized carbons (Fsp3) is 0.529. The predicted octanol–water partition coefficient (Wildman–Crippen LogP) is 3.08. The van der Waals surface area contributed by atoms with Crippen molar-refractivity contribution in [2.24, 2.45) is 0 Å². The molecule has 1 aromatic rings. The first-order valence-corrected chi connectivity index (χ1v) is 7.82. The van der Waals surface area contributed by atoms with Gasteiger partial charge in [-0.05, 0) is 25.3 Å². The van der Waals surface area contributed by atoms with Crippen LogP contribution in [0.15, 0.2) is 30.3 Å². The Kier molecular flexibility index (Phi) is 5.96. The Bertz CT molecular complexity index is 527. The summed E-state index contributed by atoms with van der Waals surface area (Å²) in [5.74, 6) is -0.532. The van der Waals surface area contributed by atoms with E-state index in [2.05, 4.69) is 0 Å². The molecule has 0 aromatic heterocycles. The van der Waals surface area contributed by atoms with Crippen LogP contribution in [0.1, 0.15) is 31.7 Å². The van der Waals surface area contributed by atoms with Crippen molar-refractivity contribution in [1.29, 1.82) is 0 Å². The molecule has 0 saturated carbocycles. The highest BCUT2D eigenvalue weighted by molar-refractivity contribution is 5.71. The molecule has 1 saturated heterocycles. The van der Waals surface area contributed by atoms with Crippen molar-refractivity contribution in [3.8, 4) is 0 Å². The monoisotopic (exact) mass is 323 g/mol. The number of rotatable bonds is 5. The maximum absolute atomic E-state index is 14.6. The molecule has 0 unspecified atom stereocenters. The number of hydrogen-bond donors (Lipinski definition) is 0. The number of esters is 1. The molecule has 1 aliphatic heterocycles. The predicted molar refractivity (Wildman–Crippen MR) is 82.5 cm³/mol. The van der Waals surface area contributed by atoms with Crippen molar-refractivity contribution >= 4 is 12.1 Å². The van der Waals surface area contributed by atoms with Gasteiger partial charge in [0.05, 0.1) is 13.0 Å². The van der Waals surface area contributed by atoms with Crippen molar-refractivity contribution in [2.45, 2.75) is 38.5 Å². The minimum Gasteiger partial charge on any atom is -0.466 e. The number of amides is 1. The van der Waals surface area contributed by atoms with E-state index in [-0.39, 0.29) is 45.6 Å². The Balaban J connectivity index is 1.77. The molecule has 1 fully saturated rings. The molecule has 1 amide bonds. The Morgan fingerprint density at radius 3 is 2.43 bits per heavy atom. The molecule has 0 bridgehead atoms. The molecule has 1 heterocycles. The summed E-state index contributed by atoms with van der Waals surface area (Å²) in [7, 11) is 0. The average molecular weight is 323 g/mol. The quantitative estimate of drug-likeness (QED) is 0.782. The minimum atomic E-state index is -1.59. The summed E-state index contributed by atoms with van der Waals surface area (Å²) in [6.45, 7) is 2.60. The third-order valence-corrected chi connectivity index (χ3v) is 3.89. The van der Waals surface area contributed by atoms with Crippen LogP contribution in [-0.2, 0) is 20.9 Å². The first-order chi connectivity index (χ1) is 11.0. The SMILES string of the molecule is CCOC(=O)CC1(F)CCN(C(=O)OCc2ccccc2)CC1. The fourth-order valence-corrected chi connectivity index (χ4v) is 2.55. The summed E-state index contributed by atoms with van der Waals surface area (Å²) in [5, 5.41) is 0. The molecule has 1 aromatic carbocycles. The largest absolute Gasteiger partial charge is 0.466 e. The van der Waals surface area contributed by atoms with E-state index in [1.165, 1.54) is 4.90 Å². The van der Waals surface area contributed by atoms with Gasteiger partial charge in [-0.1, -0.05) is 30.3 Å². The molecule has 23 heavy (non-hydrogen) atoms. The summed E-state index contributed by atoms with van der Waals surface area (Å²) in [5.41, 5.74) is -0.692. The number of benzene rings is 1. The van der Waals surface area contributed by atoms with Gasteiger partial charge in [0.25, 0.3) is 0 Å². The number of nitrogens with zero attached hydrogens (tertiary/aromatic N) is 1. The number of halogens is 1. The third kappa shape index (κ3) is 5.23. The lowest BCUT2D eigenvalue weighted by Crippen LogP contribution is -2.45. The van der Waals surface area contributed by atoms with Gasteiger partial charge in [-0.15, -0.1) is 0 Å². The van der Waals surface area contributed by atoms with Crippen molar-refractivity contribution in [3.05, 3.63) is 35.9 Å². The highest BCUT2D eigenvalue weighted by Crippen LogP contribution is 2.30. The molecule has 0 N–H and O–H groups in total. The molecule has 0 aliphatic carbocycles. The van der Waals surface area contributed by atoms with E-state index in [1.54, 1.807) is 6.92 Å². The Morgan fingerprint density at radius 1 is 1.17 bits per heavy atom. The number of ether oxygens (including phenoxy) is 2. The van der Waals surface area contributed by atoms with E-state index in [4.69, 9.17) is 9.47 Å². The second-order valence-corrected chi connectivity index (χ2v) is 5.66. The van der Waals surface area contributed by atoms with Gasteiger partial charge in [0.2, 0.25) is 0 Å². The van der Waals surface area contributed by atoms with Crippen LogP contribution in [0.5, 0.6) is 0 Å². The van der Waals surface area contributed by atoms with E-state index in [0.717, 1.165) is 5.56 Å². The topological polar surface area (TPSA) is 55.8 Å². The Morgan fingerprint density at radius 2 is 1.83 bits per heavy atom. The number of piperidine rings is 1. The van der Waals surface area contributed by atoms with E-state index in [1.807, 2.05) is 30.3 Å². The van der Waals surface area contributed by atoms with Crippen LogP contribution >= 0.6 is 0 Å². The second-order valence-electron chi connectivity index (χ2n) is 5.66. The van der Waals surface area contributed by atoms with Crippen molar-refractivity contribution in [2.75, 3.05) is 19.7 Å². The standard InChI is InChI=1S/C17H22FNO4/c1-2-22-15(20)12-17(18)8-10-19(11-9-17)16(21)23-13-14-6-4-3-5-7-14/h3-7H,2,8-13H2,1H3. The lowest BCUT2D eigenvalue weighted by Gasteiger charge is -2.35. The van der Waals surface area contributed by atoms with Crippen LogP contribution in [0.2, 0.25) is 0 Å². The van der Waals surface area contributed by atoms with Gasteiger partial charge in [-0.25, -0.2) is 9.18 Å². The molecule has 0 radical (unpaired) electrons. The Labute approximate surface area is 135 Å². The molecule has 2 rings (SSSR count). The van der Waals surface area contributed by atoms with E-state index in [9.17, 15) is 14.0 Å². The molecule has 6 heteroatoms. The lowest BCUT2D eigenvalue weighted by atomic mass is 9.90. The summed E-state index contributed by atoms with van der Waals surface area (Å²) < 4.78 is 24.6. The molecule has 1 aliphatic rings. The van der Waals surface area contributed by atoms with E-state index < -0.39 is 17.7 Å². The molecule has 0 atom stereocenters. The molecular formula is C17H22FNO4. The zero-order chi connectivity index (χ0) is 16.7. The van der Waals surface area contributed by atoms with Crippen molar-refractivity contribution in [3.63, 3.8) is 0 Å². The number of alkyl halides is 1. The zero-order valence-electron chi connectivity index (χ0n) is 13.3. The van der Waals surface area contributed by atoms with Crippen LogP contribution in [0.3, 0.4) is 0 Å². The first-order valence-electron chi connectivity index (χ1n) is 7.82.